The number of aliphatic hydroxyl groups excluding tert-OH is 1. The lowest BCUT2D eigenvalue weighted by atomic mass is 9.96. The average molecular weight is 452 g/mol. The molecule has 32 heavy (non-hydrogen) atoms. The molecule has 1 aromatic carbocycles. The number of esters is 4. The second-order valence-corrected chi connectivity index (χ2v) is 7.03. The summed E-state index contributed by atoms with van der Waals surface area (Å²) < 4.78 is 25.5. The zero-order valence-electron chi connectivity index (χ0n) is 18.1. The molecule has 10 heteroatoms. The van der Waals surface area contributed by atoms with Crippen molar-refractivity contribution in [1.82, 2.24) is 0 Å². The molecule has 176 valence electrons. The number of hydrogen-bond donors (Lipinski definition) is 1. The summed E-state index contributed by atoms with van der Waals surface area (Å²) >= 11 is 0. The van der Waals surface area contributed by atoms with Gasteiger partial charge in [-0.2, -0.15) is 0 Å². The molecular formula is C22H28O10. The van der Waals surface area contributed by atoms with Gasteiger partial charge in [0, 0.05) is 19.3 Å². The largest absolute Gasteiger partial charge is 0.464 e. The van der Waals surface area contributed by atoms with Crippen molar-refractivity contribution in [2.24, 2.45) is 0 Å². The summed E-state index contributed by atoms with van der Waals surface area (Å²) in [4.78, 5) is 48.9. The van der Waals surface area contributed by atoms with Crippen molar-refractivity contribution in [3.05, 3.63) is 35.9 Å². The summed E-state index contributed by atoms with van der Waals surface area (Å²) in [5.74, 6) is -3.96. The summed E-state index contributed by atoms with van der Waals surface area (Å²) in [5.41, 5.74) is -0.778. The molecule has 1 heterocycles. The van der Waals surface area contributed by atoms with Gasteiger partial charge < -0.3 is 28.8 Å². The summed E-state index contributed by atoms with van der Waals surface area (Å²) in [6, 6.07) is 9.35. The Balaban J connectivity index is 2.08. The van der Waals surface area contributed by atoms with Gasteiger partial charge in [-0.15, -0.1) is 0 Å². The van der Waals surface area contributed by atoms with Crippen molar-refractivity contribution >= 4 is 23.9 Å². The van der Waals surface area contributed by atoms with E-state index in [4.69, 9.17) is 23.7 Å². The van der Waals surface area contributed by atoms with Crippen molar-refractivity contribution in [2.45, 2.75) is 57.5 Å². The molecule has 0 saturated carbocycles. The molecule has 10 nitrogen and oxygen atoms in total. The van der Waals surface area contributed by atoms with E-state index in [0.29, 0.717) is 0 Å². The number of ether oxygens (including phenoxy) is 5. The molecule has 1 fully saturated rings. The zero-order chi connectivity index (χ0) is 23.6. The predicted molar refractivity (Wildman–Crippen MR) is 108 cm³/mol. The molecule has 0 radical (unpaired) electrons. The van der Waals surface area contributed by atoms with E-state index in [1.165, 1.54) is 13.8 Å². The van der Waals surface area contributed by atoms with Crippen LogP contribution in [0.2, 0.25) is 0 Å². The Bertz CT molecular complexity index is 793. The molecule has 1 aliphatic heterocycles. The van der Waals surface area contributed by atoms with E-state index in [1.54, 1.807) is 0 Å². The summed E-state index contributed by atoms with van der Waals surface area (Å²) in [6.07, 6.45) is -4.12. The van der Waals surface area contributed by atoms with Gasteiger partial charge in [-0.1, -0.05) is 30.3 Å². The van der Waals surface area contributed by atoms with Crippen molar-refractivity contribution in [1.29, 1.82) is 0 Å². The van der Waals surface area contributed by atoms with Gasteiger partial charge in [0.15, 0.2) is 6.10 Å². The van der Waals surface area contributed by atoms with Gasteiger partial charge in [0.05, 0.1) is 26.4 Å². The third-order valence-electron chi connectivity index (χ3n) is 4.74. The topological polar surface area (TPSA) is 135 Å². The number of cyclic esters (lactones) is 1. The fourth-order valence-electron chi connectivity index (χ4n) is 3.09. The van der Waals surface area contributed by atoms with E-state index in [1.807, 2.05) is 30.3 Å². The van der Waals surface area contributed by atoms with Gasteiger partial charge in [0.1, 0.15) is 0 Å². The van der Waals surface area contributed by atoms with E-state index in [0.717, 1.165) is 5.56 Å². The summed E-state index contributed by atoms with van der Waals surface area (Å²) in [7, 11) is 0. The highest BCUT2D eigenvalue weighted by molar-refractivity contribution is 5.91. The molecule has 1 saturated heterocycles. The van der Waals surface area contributed by atoms with Crippen molar-refractivity contribution in [3.8, 4) is 0 Å². The molecule has 0 aliphatic carbocycles. The first kappa shape index (κ1) is 25.3. The van der Waals surface area contributed by atoms with Crippen molar-refractivity contribution in [3.63, 3.8) is 0 Å². The van der Waals surface area contributed by atoms with Crippen LogP contribution in [-0.2, 0) is 49.5 Å². The minimum atomic E-state index is -2.10. The van der Waals surface area contributed by atoms with E-state index in [9.17, 15) is 24.3 Å². The predicted octanol–water partition coefficient (Wildman–Crippen LogP) is 1.07. The highest BCUT2D eigenvalue weighted by atomic mass is 16.6. The zero-order valence-corrected chi connectivity index (χ0v) is 18.1. The number of aliphatic hydroxyl groups is 1. The highest BCUT2D eigenvalue weighted by Gasteiger charge is 2.51. The molecular weight excluding hydrogens is 424 g/mol. The van der Waals surface area contributed by atoms with Gasteiger partial charge in [0.2, 0.25) is 11.7 Å². The fourth-order valence-corrected chi connectivity index (χ4v) is 3.09. The van der Waals surface area contributed by atoms with Crippen molar-refractivity contribution in [2.75, 3.05) is 19.8 Å². The van der Waals surface area contributed by atoms with Gasteiger partial charge in [-0.3, -0.25) is 4.79 Å². The third kappa shape index (κ3) is 6.76. The van der Waals surface area contributed by atoms with Crippen LogP contribution in [0.15, 0.2) is 30.3 Å². The molecule has 1 aliphatic rings. The van der Waals surface area contributed by atoms with Gasteiger partial charge in [-0.25, -0.2) is 14.4 Å². The minimum Gasteiger partial charge on any atom is -0.464 e. The van der Waals surface area contributed by atoms with Crippen LogP contribution in [0.4, 0.5) is 0 Å². The first-order valence-corrected chi connectivity index (χ1v) is 10.4. The highest BCUT2D eigenvalue weighted by Crippen LogP contribution is 2.32. The molecule has 0 aromatic heterocycles. The smallest absolute Gasteiger partial charge is 0.351 e. The standard InChI is InChI=1S/C22H28O10/c1-3-29-19(25)17(24)18(20(26)30-4-2)31-21(27)22(11-10-16(23)32-22)12-13-28-14-15-8-6-5-7-9-15/h5-9,17-18,24H,3-4,10-14H2,1-2H3/t17-,18-,22-/m1/s1. The molecule has 2 rings (SSSR count). The monoisotopic (exact) mass is 452 g/mol. The van der Waals surface area contributed by atoms with Gasteiger partial charge in [0.25, 0.3) is 0 Å². The minimum absolute atomic E-state index is 0.00438. The SMILES string of the molecule is CCOC(=O)[C@H](O)[C@@H](OC(=O)[C@]1(CCOCc2ccccc2)CCC(=O)O1)C(=O)OCC. The number of rotatable bonds is 12. The van der Waals surface area contributed by atoms with Crippen molar-refractivity contribution < 1.29 is 48.0 Å². The quantitative estimate of drug-likeness (QED) is 0.279. The third-order valence-corrected chi connectivity index (χ3v) is 4.74. The van der Waals surface area contributed by atoms with Crippen LogP contribution in [0.5, 0.6) is 0 Å². The lowest BCUT2D eigenvalue weighted by Gasteiger charge is -2.28. The molecule has 1 N–H and O–H groups in total. The Morgan fingerprint density at radius 2 is 1.75 bits per heavy atom. The lowest BCUT2D eigenvalue weighted by Crippen LogP contribution is -2.50. The number of benzene rings is 1. The summed E-state index contributed by atoms with van der Waals surface area (Å²) in [5, 5.41) is 10.2. The first-order chi connectivity index (χ1) is 15.3. The van der Waals surface area contributed by atoms with Crippen LogP contribution in [0.1, 0.15) is 38.7 Å². The Kier molecular flexibility index (Phi) is 9.61. The average Bonchev–Trinajstić information content (AvgIpc) is 3.17. The lowest BCUT2D eigenvalue weighted by molar-refractivity contribution is -0.196. The number of hydrogen-bond acceptors (Lipinski definition) is 10. The van der Waals surface area contributed by atoms with Crippen LogP contribution >= 0.6 is 0 Å². The molecule has 0 amide bonds. The molecule has 3 atom stereocenters. The summed E-state index contributed by atoms with van der Waals surface area (Å²) in [6.45, 7) is 3.24. The maximum atomic E-state index is 13.0. The van der Waals surface area contributed by atoms with Crippen LogP contribution in [0, 0.1) is 0 Å². The van der Waals surface area contributed by atoms with E-state index in [-0.39, 0.29) is 45.7 Å². The van der Waals surface area contributed by atoms with Crippen LogP contribution in [0.25, 0.3) is 0 Å². The van der Waals surface area contributed by atoms with Crippen LogP contribution in [0.3, 0.4) is 0 Å². The second-order valence-electron chi connectivity index (χ2n) is 7.03. The number of carbonyl (C=O) groups is 4. The van der Waals surface area contributed by atoms with E-state index in [2.05, 4.69) is 0 Å². The Labute approximate surface area is 185 Å². The van der Waals surface area contributed by atoms with E-state index >= 15 is 0 Å². The fraction of sp³-hybridized carbons (Fsp3) is 0.545. The van der Waals surface area contributed by atoms with Crippen LogP contribution < -0.4 is 0 Å². The molecule has 0 spiro atoms. The van der Waals surface area contributed by atoms with Gasteiger partial charge >= 0.3 is 23.9 Å². The Morgan fingerprint density at radius 1 is 1.09 bits per heavy atom. The normalized spacial score (nSPS) is 19.5. The molecule has 0 bridgehead atoms. The maximum absolute atomic E-state index is 13.0. The molecule has 0 unspecified atom stereocenters. The van der Waals surface area contributed by atoms with Crippen LogP contribution in [-0.4, -0.2) is 66.6 Å². The van der Waals surface area contributed by atoms with Gasteiger partial charge in [-0.05, 0) is 19.4 Å². The first-order valence-electron chi connectivity index (χ1n) is 10.4. The van der Waals surface area contributed by atoms with E-state index < -0.39 is 41.7 Å². The second kappa shape index (κ2) is 12.2. The molecule has 1 aromatic rings. The Morgan fingerprint density at radius 3 is 2.34 bits per heavy atom. The Hall–Kier alpha value is -2.98. The number of carbonyl (C=O) groups excluding carboxylic acids is 4. The maximum Gasteiger partial charge on any atom is 0.351 e.